The number of hydrogen-bond acceptors (Lipinski definition) is 4. The molecule has 3 aromatic rings. The van der Waals surface area contributed by atoms with Crippen molar-refractivity contribution < 1.29 is 9.53 Å². The monoisotopic (exact) mass is 378 g/mol. The third-order valence-corrected chi connectivity index (χ3v) is 6.23. The molecule has 2 aromatic carbocycles. The number of thiazole rings is 1. The Balaban J connectivity index is 1.48. The molecular formula is C22H22N2O2S. The van der Waals surface area contributed by atoms with Crippen LogP contribution in [0.1, 0.15) is 21.7 Å². The fourth-order valence-corrected chi connectivity index (χ4v) is 4.47. The molecule has 0 radical (unpaired) electrons. The molecule has 4 rings (SSSR count). The minimum Gasteiger partial charge on any atom is -0.497 e. The molecule has 4 nitrogen and oxygen atoms in total. The number of hydrogen-bond donors (Lipinski definition) is 0. The number of fused-ring (bicyclic) bond motifs is 1. The van der Waals surface area contributed by atoms with E-state index >= 15 is 0 Å². The number of amides is 1. The topological polar surface area (TPSA) is 42.4 Å². The van der Waals surface area contributed by atoms with E-state index in [9.17, 15) is 4.79 Å². The second-order valence-electron chi connectivity index (χ2n) is 6.77. The minimum absolute atomic E-state index is 0.178. The molecule has 1 aliphatic heterocycles. The Labute approximate surface area is 163 Å². The highest BCUT2D eigenvalue weighted by Gasteiger charge is 2.22. The number of carbonyl (C=O) groups is 1. The predicted octanol–water partition coefficient (Wildman–Crippen LogP) is 4.25. The lowest BCUT2D eigenvalue weighted by Crippen LogP contribution is -2.36. The molecule has 0 N–H and O–H groups in total. The van der Waals surface area contributed by atoms with Gasteiger partial charge in [-0.25, -0.2) is 4.98 Å². The van der Waals surface area contributed by atoms with E-state index in [1.165, 1.54) is 11.1 Å². The van der Waals surface area contributed by atoms with Gasteiger partial charge in [0.15, 0.2) is 0 Å². The van der Waals surface area contributed by atoms with Crippen molar-refractivity contribution in [3.8, 4) is 16.3 Å². The fraction of sp³-hybridized carbons (Fsp3) is 0.273. The van der Waals surface area contributed by atoms with Gasteiger partial charge in [0.2, 0.25) is 5.91 Å². The Morgan fingerprint density at radius 2 is 1.89 bits per heavy atom. The van der Waals surface area contributed by atoms with E-state index in [4.69, 9.17) is 4.74 Å². The molecule has 0 fully saturated rings. The van der Waals surface area contributed by atoms with E-state index in [1.54, 1.807) is 18.4 Å². The van der Waals surface area contributed by atoms with Crippen LogP contribution in [0.3, 0.4) is 0 Å². The highest BCUT2D eigenvalue weighted by molar-refractivity contribution is 7.15. The molecule has 0 spiro atoms. The van der Waals surface area contributed by atoms with Crippen LogP contribution < -0.4 is 4.74 Å². The molecule has 1 aromatic heterocycles. The third-order valence-electron chi connectivity index (χ3n) is 5.02. The molecule has 1 aliphatic rings. The minimum atomic E-state index is 0.178. The standard InChI is InChI=1S/C22H22N2O2S/c1-15-20(27-22(23-15)17-7-9-19(26-2)10-8-17)13-21(25)24-12-11-16-5-3-4-6-18(16)14-24/h3-10H,11-14H2,1-2H3. The summed E-state index contributed by atoms with van der Waals surface area (Å²) < 4.78 is 5.21. The van der Waals surface area contributed by atoms with Crippen LogP contribution in [-0.2, 0) is 24.2 Å². The molecule has 1 amide bonds. The second kappa shape index (κ2) is 7.53. The normalized spacial score (nSPS) is 13.3. The maximum atomic E-state index is 12.8. The van der Waals surface area contributed by atoms with Gasteiger partial charge in [-0.1, -0.05) is 24.3 Å². The summed E-state index contributed by atoms with van der Waals surface area (Å²) in [6.07, 6.45) is 1.35. The molecule has 0 bridgehead atoms. The smallest absolute Gasteiger partial charge is 0.228 e. The summed E-state index contributed by atoms with van der Waals surface area (Å²) in [5, 5.41) is 0.946. The van der Waals surface area contributed by atoms with Crippen molar-refractivity contribution in [2.24, 2.45) is 0 Å². The van der Waals surface area contributed by atoms with Crippen LogP contribution in [0.25, 0.3) is 10.6 Å². The van der Waals surface area contributed by atoms with E-state index in [1.807, 2.05) is 42.2 Å². The molecule has 2 heterocycles. The van der Waals surface area contributed by atoms with Crippen molar-refractivity contribution in [2.45, 2.75) is 26.3 Å². The summed E-state index contributed by atoms with van der Waals surface area (Å²) in [6.45, 7) is 3.48. The summed E-state index contributed by atoms with van der Waals surface area (Å²) in [7, 11) is 1.66. The number of nitrogens with zero attached hydrogens (tertiary/aromatic N) is 2. The molecular weight excluding hydrogens is 356 g/mol. The zero-order valence-corrected chi connectivity index (χ0v) is 16.4. The highest BCUT2D eigenvalue weighted by Crippen LogP contribution is 2.30. The van der Waals surface area contributed by atoms with Crippen molar-refractivity contribution in [1.29, 1.82) is 0 Å². The van der Waals surface area contributed by atoms with Gasteiger partial charge in [-0.3, -0.25) is 4.79 Å². The number of ether oxygens (including phenoxy) is 1. The lowest BCUT2D eigenvalue weighted by atomic mass is 10.00. The molecule has 0 unspecified atom stereocenters. The Morgan fingerprint density at radius 1 is 1.15 bits per heavy atom. The number of aryl methyl sites for hydroxylation is 1. The molecule has 0 saturated carbocycles. The molecule has 0 atom stereocenters. The van der Waals surface area contributed by atoms with E-state index in [0.717, 1.165) is 39.9 Å². The van der Waals surface area contributed by atoms with Crippen LogP contribution >= 0.6 is 11.3 Å². The average Bonchev–Trinajstić information content (AvgIpc) is 3.08. The average molecular weight is 378 g/mol. The van der Waals surface area contributed by atoms with Crippen LogP contribution in [0.15, 0.2) is 48.5 Å². The Kier molecular flexibility index (Phi) is 4.94. The molecule has 0 saturated heterocycles. The SMILES string of the molecule is COc1ccc(-c2nc(C)c(CC(=O)N3CCc4ccccc4C3)s2)cc1. The van der Waals surface area contributed by atoms with Crippen LogP contribution in [0.5, 0.6) is 5.75 Å². The third kappa shape index (κ3) is 3.74. The first-order chi connectivity index (χ1) is 13.1. The quantitative estimate of drug-likeness (QED) is 0.681. The lowest BCUT2D eigenvalue weighted by molar-refractivity contribution is -0.131. The Bertz CT molecular complexity index is 963. The van der Waals surface area contributed by atoms with Crippen LogP contribution in [0, 0.1) is 6.92 Å². The molecule has 27 heavy (non-hydrogen) atoms. The van der Waals surface area contributed by atoms with Crippen molar-refractivity contribution in [2.75, 3.05) is 13.7 Å². The van der Waals surface area contributed by atoms with Crippen molar-refractivity contribution in [3.05, 3.63) is 70.2 Å². The first-order valence-corrected chi connectivity index (χ1v) is 9.91. The fourth-order valence-electron chi connectivity index (χ4n) is 3.41. The first kappa shape index (κ1) is 17.7. The maximum absolute atomic E-state index is 12.8. The number of aromatic nitrogens is 1. The van der Waals surface area contributed by atoms with E-state index in [2.05, 4.69) is 23.2 Å². The summed E-state index contributed by atoms with van der Waals surface area (Å²) in [5.74, 6) is 1.00. The Morgan fingerprint density at radius 3 is 2.63 bits per heavy atom. The summed E-state index contributed by atoms with van der Waals surface area (Å²) >= 11 is 1.60. The van der Waals surface area contributed by atoms with Crippen LogP contribution in [0.4, 0.5) is 0 Å². The number of benzene rings is 2. The highest BCUT2D eigenvalue weighted by atomic mass is 32.1. The second-order valence-corrected chi connectivity index (χ2v) is 7.85. The lowest BCUT2D eigenvalue weighted by Gasteiger charge is -2.28. The van der Waals surface area contributed by atoms with E-state index in [0.29, 0.717) is 13.0 Å². The van der Waals surface area contributed by atoms with Gasteiger partial charge in [-0.05, 0) is 48.7 Å². The van der Waals surface area contributed by atoms with Gasteiger partial charge in [0.1, 0.15) is 10.8 Å². The van der Waals surface area contributed by atoms with Gasteiger partial charge in [-0.15, -0.1) is 11.3 Å². The van der Waals surface area contributed by atoms with Crippen LogP contribution in [0.2, 0.25) is 0 Å². The van der Waals surface area contributed by atoms with Gasteiger partial charge in [0.25, 0.3) is 0 Å². The van der Waals surface area contributed by atoms with Gasteiger partial charge < -0.3 is 9.64 Å². The van der Waals surface area contributed by atoms with Gasteiger partial charge in [0, 0.05) is 23.5 Å². The van der Waals surface area contributed by atoms with Gasteiger partial charge >= 0.3 is 0 Å². The number of methoxy groups -OCH3 is 1. The summed E-state index contributed by atoms with van der Waals surface area (Å²) in [4.78, 5) is 20.5. The van der Waals surface area contributed by atoms with Crippen LogP contribution in [-0.4, -0.2) is 29.4 Å². The molecule has 0 aliphatic carbocycles. The number of carbonyl (C=O) groups excluding carboxylic acids is 1. The van der Waals surface area contributed by atoms with Gasteiger partial charge in [0.05, 0.1) is 19.2 Å². The number of rotatable bonds is 4. The summed E-state index contributed by atoms with van der Waals surface area (Å²) in [6, 6.07) is 16.3. The van der Waals surface area contributed by atoms with Gasteiger partial charge in [-0.2, -0.15) is 0 Å². The molecule has 138 valence electrons. The largest absolute Gasteiger partial charge is 0.497 e. The Hall–Kier alpha value is -2.66. The van der Waals surface area contributed by atoms with Crippen molar-refractivity contribution in [1.82, 2.24) is 9.88 Å². The van der Waals surface area contributed by atoms with E-state index < -0.39 is 0 Å². The predicted molar refractivity (Wildman–Crippen MR) is 108 cm³/mol. The van der Waals surface area contributed by atoms with Crippen molar-refractivity contribution >= 4 is 17.2 Å². The van der Waals surface area contributed by atoms with E-state index in [-0.39, 0.29) is 5.91 Å². The molecule has 5 heteroatoms. The van der Waals surface area contributed by atoms with Crippen molar-refractivity contribution in [3.63, 3.8) is 0 Å². The first-order valence-electron chi connectivity index (χ1n) is 9.09. The zero-order chi connectivity index (χ0) is 18.8. The zero-order valence-electron chi connectivity index (χ0n) is 15.6. The maximum Gasteiger partial charge on any atom is 0.228 e. The summed E-state index contributed by atoms with van der Waals surface area (Å²) in [5.41, 5.74) is 4.61.